The Kier molecular flexibility index (Phi) is 3.22. The van der Waals surface area contributed by atoms with E-state index in [2.05, 4.69) is 35.9 Å². The Morgan fingerprint density at radius 1 is 1.38 bits per heavy atom. The van der Waals surface area contributed by atoms with Gasteiger partial charge >= 0.3 is 0 Å². The van der Waals surface area contributed by atoms with Gasteiger partial charge in [0, 0.05) is 34.2 Å². The number of rotatable bonds is 3. The number of hydrogen-bond acceptors (Lipinski definition) is 1. The van der Waals surface area contributed by atoms with E-state index in [1.165, 1.54) is 16.6 Å². The first kappa shape index (κ1) is 11.5. The maximum Gasteiger partial charge on any atom is 0.0483 e. The van der Waals surface area contributed by atoms with Crippen molar-refractivity contribution in [3.8, 4) is 0 Å². The minimum atomic E-state index is 0.353. The van der Waals surface area contributed by atoms with Crippen molar-refractivity contribution in [1.82, 2.24) is 9.88 Å². The summed E-state index contributed by atoms with van der Waals surface area (Å²) in [5.74, 6) is 0. The molecule has 86 valence electrons. The molecule has 1 aromatic heterocycles. The van der Waals surface area contributed by atoms with Crippen LogP contribution in [-0.2, 0) is 6.54 Å². The average Bonchev–Trinajstić information content (AvgIpc) is 2.65. The van der Waals surface area contributed by atoms with Crippen molar-refractivity contribution in [3.63, 3.8) is 0 Å². The smallest absolute Gasteiger partial charge is 0.0483 e. The van der Waals surface area contributed by atoms with Crippen molar-refractivity contribution in [2.24, 2.45) is 0 Å². The Hall–Kier alpha value is -0.990. The molecule has 1 atom stereocenters. The van der Waals surface area contributed by atoms with Crippen molar-refractivity contribution in [2.45, 2.75) is 26.4 Å². The summed E-state index contributed by atoms with van der Waals surface area (Å²) in [6.45, 7) is 5.31. The van der Waals surface area contributed by atoms with Crippen LogP contribution in [-0.4, -0.2) is 11.6 Å². The van der Waals surface area contributed by atoms with Gasteiger partial charge in [0.25, 0.3) is 0 Å². The maximum atomic E-state index is 6.01. The quantitative estimate of drug-likeness (QED) is 0.862. The van der Waals surface area contributed by atoms with Crippen molar-refractivity contribution >= 4 is 22.5 Å². The molecule has 0 saturated carbocycles. The van der Waals surface area contributed by atoms with E-state index in [1.54, 1.807) is 0 Å². The van der Waals surface area contributed by atoms with Crippen LogP contribution in [0.25, 0.3) is 10.9 Å². The number of nitrogens with one attached hydrogen (secondary N) is 1. The van der Waals surface area contributed by atoms with Gasteiger partial charge in [0.2, 0.25) is 0 Å². The zero-order valence-electron chi connectivity index (χ0n) is 9.92. The molecule has 0 fully saturated rings. The van der Waals surface area contributed by atoms with Crippen LogP contribution >= 0.6 is 11.6 Å². The molecule has 0 spiro atoms. The Labute approximate surface area is 101 Å². The molecule has 16 heavy (non-hydrogen) atoms. The molecule has 1 heterocycles. The summed E-state index contributed by atoms with van der Waals surface area (Å²) in [5.41, 5.74) is 2.56. The summed E-state index contributed by atoms with van der Waals surface area (Å²) in [6.07, 6.45) is 0. The van der Waals surface area contributed by atoms with Gasteiger partial charge in [-0.1, -0.05) is 11.6 Å². The largest absolute Gasteiger partial charge is 0.343 e. The molecule has 2 rings (SSSR count). The third kappa shape index (κ3) is 1.83. The van der Waals surface area contributed by atoms with E-state index in [4.69, 9.17) is 11.6 Å². The van der Waals surface area contributed by atoms with Gasteiger partial charge in [0.15, 0.2) is 0 Å². The van der Waals surface area contributed by atoms with Crippen LogP contribution in [0.15, 0.2) is 24.3 Å². The number of aromatic nitrogens is 1. The average molecular weight is 237 g/mol. The summed E-state index contributed by atoms with van der Waals surface area (Å²) < 4.78 is 2.33. The first-order valence-electron chi connectivity index (χ1n) is 5.63. The highest BCUT2D eigenvalue weighted by Crippen LogP contribution is 2.26. The molecular formula is C13H17ClN2. The first-order valence-corrected chi connectivity index (χ1v) is 6.01. The zero-order valence-corrected chi connectivity index (χ0v) is 10.7. The van der Waals surface area contributed by atoms with Crippen LogP contribution in [0.4, 0.5) is 0 Å². The fraction of sp³-hybridized carbons (Fsp3) is 0.385. The molecule has 0 aliphatic carbocycles. The predicted molar refractivity (Wildman–Crippen MR) is 70.1 cm³/mol. The zero-order chi connectivity index (χ0) is 11.7. The summed E-state index contributed by atoms with van der Waals surface area (Å²) in [4.78, 5) is 0. The lowest BCUT2D eigenvalue weighted by atomic mass is 10.2. The lowest BCUT2D eigenvalue weighted by molar-refractivity contribution is 0.589. The van der Waals surface area contributed by atoms with Gasteiger partial charge in [-0.2, -0.15) is 0 Å². The number of nitrogens with zero attached hydrogens (tertiary/aromatic N) is 1. The number of fused-ring (bicyclic) bond motifs is 1. The molecular weight excluding hydrogens is 220 g/mol. The van der Waals surface area contributed by atoms with Crippen molar-refractivity contribution < 1.29 is 0 Å². The van der Waals surface area contributed by atoms with E-state index in [0.29, 0.717) is 6.04 Å². The van der Waals surface area contributed by atoms with Crippen LogP contribution in [0.2, 0.25) is 5.02 Å². The van der Waals surface area contributed by atoms with Crippen LogP contribution in [0, 0.1) is 0 Å². The SMILES string of the molecule is CCn1c(C(C)NC)cc2cc(Cl)ccc21. The second-order valence-electron chi connectivity index (χ2n) is 4.03. The fourth-order valence-corrected chi connectivity index (χ4v) is 2.30. The van der Waals surface area contributed by atoms with Crippen LogP contribution in [0.5, 0.6) is 0 Å². The van der Waals surface area contributed by atoms with Gasteiger partial charge < -0.3 is 9.88 Å². The summed E-state index contributed by atoms with van der Waals surface area (Å²) >= 11 is 6.01. The second kappa shape index (κ2) is 4.48. The fourth-order valence-electron chi connectivity index (χ4n) is 2.12. The van der Waals surface area contributed by atoms with Crippen molar-refractivity contribution in [1.29, 1.82) is 0 Å². The highest BCUT2D eigenvalue weighted by molar-refractivity contribution is 6.31. The minimum absolute atomic E-state index is 0.353. The normalized spacial score (nSPS) is 13.2. The molecule has 0 saturated heterocycles. The monoisotopic (exact) mass is 236 g/mol. The molecule has 1 aromatic carbocycles. The third-order valence-corrected chi connectivity index (χ3v) is 3.32. The van der Waals surface area contributed by atoms with Gasteiger partial charge in [0.1, 0.15) is 0 Å². The molecule has 0 bridgehead atoms. The van der Waals surface area contributed by atoms with Gasteiger partial charge in [-0.3, -0.25) is 0 Å². The Morgan fingerprint density at radius 2 is 2.12 bits per heavy atom. The molecule has 0 aliphatic heterocycles. The number of halogens is 1. The van der Waals surface area contributed by atoms with Gasteiger partial charge in [0.05, 0.1) is 0 Å². The lowest BCUT2D eigenvalue weighted by Crippen LogP contribution is -2.16. The Bertz CT molecular complexity index is 502. The summed E-state index contributed by atoms with van der Waals surface area (Å²) in [6, 6.07) is 8.63. The van der Waals surface area contributed by atoms with Crippen LogP contribution in [0.1, 0.15) is 25.6 Å². The van der Waals surface area contributed by atoms with Crippen molar-refractivity contribution in [3.05, 3.63) is 35.0 Å². The molecule has 2 nitrogen and oxygen atoms in total. The molecule has 1 unspecified atom stereocenters. The summed E-state index contributed by atoms with van der Waals surface area (Å²) in [5, 5.41) is 5.29. The van der Waals surface area contributed by atoms with E-state index >= 15 is 0 Å². The lowest BCUT2D eigenvalue weighted by Gasteiger charge is -2.13. The van der Waals surface area contributed by atoms with Crippen LogP contribution < -0.4 is 5.32 Å². The molecule has 3 heteroatoms. The summed E-state index contributed by atoms with van der Waals surface area (Å²) in [7, 11) is 1.98. The Morgan fingerprint density at radius 3 is 2.75 bits per heavy atom. The number of aryl methyl sites for hydroxylation is 1. The molecule has 1 N–H and O–H groups in total. The van der Waals surface area contributed by atoms with Gasteiger partial charge in [-0.05, 0) is 45.2 Å². The highest BCUT2D eigenvalue weighted by Gasteiger charge is 2.12. The molecule has 0 aliphatic rings. The van der Waals surface area contributed by atoms with E-state index in [-0.39, 0.29) is 0 Å². The maximum absolute atomic E-state index is 6.01. The van der Waals surface area contributed by atoms with E-state index in [0.717, 1.165) is 11.6 Å². The van der Waals surface area contributed by atoms with Gasteiger partial charge in [-0.25, -0.2) is 0 Å². The number of hydrogen-bond donors (Lipinski definition) is 1. The van der Waals surface area contributed by atoms with Gasteiger partial charge in [-0.15, -0.1) is 0 Å². The molecule has 0 radical (unpaired) electrons. The number of benzene rings is 1. The standard InChI is InChI=1S/C13H17ClN2/c1-4-16-12-6-5-11(14)7-10(12)8-13(16)9(2)15-3/h5-9,15H,4H2,1-3H3. The van der Waals surface area contributed by atoms with E-state index in [1.807, 2.05) is 19.2 Å². The van der Waals surface area contributed by atoms with Crippen molar-refractivity contribution in [2.75, 3.05) is 7.05 Å². The Balaban J connectivity index is 2.65. The molecule has 2 aromatic rings. The third-order valence-electron chi connectivity index (χ3n) is 3.09. The topological polar surface area (TPSA) is 17.0 Å². The second-order valence-corrected chi connectivity index (χ2v) is 4.46. The van der Waals surface area contributed by atoms with E-state index < -0.39 is 0 Å². The highest BCUT2D eigenvalue weighted by atomic mass is 35.5. The minimum Gasteiger partial charge on any atom is -0.343 e. The molecule has 0 amide bonds. The first-order chi connectivity index (χ1) is 7.67. The van der Waals surface area contributed by atoms with Crippen LogP contribution in [0.3, 0.4) is 0 Å². The van der Waals surface area contributed by atoms with E-state index in [9.17, 15) is 0 Å². The predicted octanol–water partition coefficient (Wildman–Crippen LogP) is 3.60.